The van der Waals surface area contributed by atoms with Gasteiger partial charge in [-0.2, -0.15) is 0 Å². The summed E-state index contributed by atoms with van der Waals surface area (Å²) in [6.07, 6.45) is 1.25. The minimum atomic E-state index is -0.275. The molecule has 108 valence electrons. The van der Waals surface area contributed by atoms with Gasteiger partial charge >= 0.3 is 0 Å². The average molecular weight is 312 g/mol. The van der Waals surface area contributed by atoms with Crippen molar-refractivity contribution >= 4 is 45.0 Å². The number of anilines is 1. The Bertz CT molecular complexity index is 578. The zero-order chi connectivity index (χ0) is 14.9. The monoisotopic (exact) mass is 312 g/mol. The van der Waals surface area contributed by atoms with Crippen molar-refractivity contribution < 1.29 is 14.4 Å². The third-order valence-electron chi connectivity index (χ3n) is 2.89. The quantitative estimate of drug-likeness (QED) is 0.928. The molecule has 0 unspecified atom stereocenters. The van der Waals surface area contributed by atoms with Crippen molar-refractivity contribution in [2.75, 3.05) is 11.1 Å². The van der Waals surface area contributed by atoms with Crippen molar-refractivity contribution in [2.24, 2.45) is 5.41 Å². The van der Waals surface area contributed by atoms with E-state index in [0.29, 0.717) is 16.4 Å². The fourth-order valence-corrected chi connectivity index (χ4v) is 3.44. The lowest BCUT2D eigenvalue weighted by Gasteiger charge is -2.26. The van der Waals surface area contributed by atoms with Gasteiger partial charge in [0.05, 0.1) is 16.3 Å². The number of nitrogens with zero attached hydrogens (tertiary/aromatic N) is 1. The van der Waals surface area contributed by atoms with Crippen molar-refractivity contribution in [3.8, 4) is 0 Å². The summed E-state index contributed by atoms with van der Waals surface area (Å²) in [5.41, 5.74) is 0.690. The molecule has 1 aliphatic rings. The number of nitrogens with one attached hydrogen (secondary N) is 1. The van der Waals surface area contributed by atoms with Crippen LogP contribution in [0.3, 0.4) is 0 Å². The molecule has 0 spiro atoms. The Balaban J connectivity index is 2.07. The summed E-state index contributed by atoms with van der Waals surface area (Å²) < 4.78 is 0. The van der Waals surface area contributed by atoms with Crippen LogP contribution in [0.15, 0.2) is 0 Å². The number of thioether (sulfide) groups is 1. The largest absolute Gasteiger partial charge is 0.301 e. The molecule has 5 nitrogen and oxygen atoms in total. The van der Waals surface area contributed by atoms with Crippen LogP contribution in [0.1, 0.15) is 42.6 Å². The van der Waals surface area contributed by atoms with Crippen molar-refractivity contribution in [3.63, 3.8) is 0 Å². The van der Waals surface area contributed by atoms with E-state index in [1.165, 1.54) is 18.3 Å². The van der Waals surface area contributed by atoms with Gasteiger partial charge in [0.2, 0.25) is 5.91 Å². The molecule has 0 aliphatic heterocycles. The van der Waals surface area contributed by atoms with Gasteiger partial charge in [-0.25, -0.2) is 4.98 Å². The molecule has 2 rings (SSSR count). The molecule has 1 aromatic rings. The number of thiazole rings is 1. The van der Waals surface area contributed by atoms with Crippen LogP contribution in [-0.4, -0.2) is 27.5 Å². The van der Waals surface area contributed by atoms with Gasteiger partial charge in [0.1, 0.15) is 0 Å². The summed E-state index contributed by atoms with van der Waals surface area (Å²) in [7, 11) is 0. The summed E-state index contributed by atoms with van der Waals surface area (Å²) in [6.45, 7) is 5.49. The molecule has 0 saturated heterocycles. The molecule has 0 radical (unpaired) electrons. The normalized spacial score (nSPS) is 16.6. The standard InChI is InChI=1S/C13H16N2O3S2/c1-7(16)19-6-10(18)15-12-14-8-4-13(2,3)5-9(17)11(8)20-12/h4-6H2,1-3H3,(H,14,15,18). The number of Topliss-reactive ketones (excluding diaryl/α,β-unsaturated/α-hetero) is 1. The fraction of sp³-hybridized carbons (Fsp3) is 0.538. The van der Waals surface area contributed by atoms with Gasteiger partial charge in [-0.15, -0.1) is 0 Å². The highest BCUT2D eigenvalue weighted by molar-refractivity contribution is 8.14. The summed E-state index contributed by atoms with van der Waals surface area (Å²) in [6, 6.07) is 0. The van der Waals surface area contributed by atoms with E-state index in [0.717, 1.165) is 23.9 Å². The number of ketones is 1. The summed E-state index contributed by atoms with van der Waals surface area (Å²) in [5.74, 6) is -0.116. The maximum absolute atomic E-state index is 12.0. The SMILES string of the molecule is CC(=O)SCC(=O)Nc1nc2c(s1)C(=O)CC(C)(C)C2. The topological polar surface area (TPSA) is 76.1 Å². The van der Waals surface area contributed by atoms with Crippen LogP contribution >= 0.6 is 23.1 Å². The van der Waals surface area contributed by atoms with E-state index in [1.54, 1.807) is 0 Å². The van der Waals surface area contributed by atoms with Crippen molar-refractivity contribution in [2.45, 2.75) is 33.6 Å². The molecular formula is C13H16N2O3S2. The first-order chi connectivity index (χ1) is 9.27. The number of carbonyl (C=O) groups is 3. The van der Waals surface area contributed by atoms with Crippen LogP contribution < -0.4 is 5.32 Å². The van der Waals surface area contributed by atoms with Crippen LogP contribution in [0.5, 0.6) is 0 Å². The summed E-state index contributed by atoms with van der Waals surface area (Å²) in [5, 5.41) is 2.98. The lowest BCUT2D eigenvalue weighted by atomic mass is 9.78. The smallest absolute Gasteiger partial charge is 0.236 e. The number of hydrogen-bond donors (Lipinski definition) is 1. The fourth-order valence-electron chi connectivity index (χ4n) is 2.10. The van der Waals surface area contributed by atoms with Gasteiger partial charge in [-0.1, -0.05) is 36.9 Å². The van der Waals surface area contributed by atoms with Gasteiger partial charge in [0, 0.05) is 13.3 Å². The van der Waals surface area contributed by atoms with E-state index in [1.807, 2.05) is 13.8 Å². The van der Waals surface area contributed by atoms with E-state index in [9.17, 15) is 14.4 Å². The van der Waals surface area contributed by atoms with Crippen LogP contribution in [0.2, 0.25) is 0 Å². The molecule has 1 amide bonds. The van der Waals surface area contributed by atoms with Crippen molar-refractivity contribution in [1.29, 1.82) is 0 Å². The number of aromatic nitrogens is 1. The van der Waals surface area contributed by atoms with Gasteiger partial charge in [0.15, 0.2) is 16.0 Å². The number of amides is 1. The predicted molar refractivity (Wildman–Crippen MR) is 80.3 cm³/mol. The second kappa shape index (κ2) is 5.65. The Labute approximate surface area is 125 Å². The Morgan fingerprint density at radius 2 is 2.10 bits per heavy atom. The van der Waals surface area contributed by atoms with Gasteiger partial charge < -0.3 is 5.32 Å². The van der Waals surface area contributed by atoms with E-state index >= 15 is 0 Å². The third kappa shape index (κ3) is 3.67. The molecule has 1 heterocycles. The first-order valence-electron chi connectivity index (χ1n) is 6.23. The number of fused-ring (bicyclic) bond motifs is 1. The van der Waals surface area contributed by atoms with E-state index in [4.69, 9.17) is 0 Å². The third-order valence-corrected chi connectivity index (χ3v) is 4.76. The first-order valence-corrected chi connectivity index (χ1v) is 8.03. The Hall–Kier alpha value is -1.21. The van der Waals surface area contributed by atoms with E-state index in [2.05, 4.69) is 10.3 Å². The number of hydrogen-bond acceptors (Lipinski definition) is 6. The van der Waals surface area contributed by atoms with Crippen LogP contribution in [-0.2, 0) is 16.0 Å². The predicted octanol–water partition coefficient (Wildman–Crippen LogP) is 2.52. The zero-order valence-corrected chi connectivity index (χ0v) is 13.2. The molecular weight excluding hydrogens is 296 g/mol. The van der Waals surface area contributed by atoms with Crippen LogP contribution in [0.25, 0.3) is 0 Å². The van der Waals surface area contributed by atoms with E-state index < -0.39 is 0 Å². The molecule has 0 fully saturated rings. The molecule has 1 aliphatic carbocycles. The number of rotatable bonds is 3. The lowest BCUT2D eigenvalue weighted by molar-refractivity contribution is -0.114. The highest BCUT2D eigenvalue weighted by atomic mass is 32.2. The van der Waals surface area contributed by atoms with Crippen molar-refractivity contribution in [3.05, 3.63) is 10.6 Å². The molecule has 1 N–H and O–H groups in total. The summed E-state index contributed by atoms with van der Waals surface area (Å²) in [4.78, 5) is 39.4. The van der Waals surface area contributed by atoms with Gasteiger partial charge in [-0.3, -0.25) is 14.4 Å². The Morgan fingerprint density at radius 1 is 1.40 bits per heavy atom. The molecule has 1 aromatic heterocycles. The second-order valence-corrected chi connectivity index (χ2v) is 7.72. The molecule has 0 saturated carbocycles. The van der Waals surface area contributed by atoms with Gasteiger partial charge in [0.25, 0.3) is 0 Å². The summed E-state index contributed by atoms with van der Waals surface area (Å²) >= 11 is 2.17. The Morgan fingerprint density at radius 3 is 2.75 bits per heavy atom. The highest BCUT2D eigenvalue weighted by Gasteiger charge is 2.34. The van der Waals surface area contributed by atoms with Crippen molar-refractivity contribution in [1.82, 2.24) is 4.98 Å². The second-order valence-electron chi connectivity index (χ2n) is 5.56. The van der Waals surface area contributed by atoms with Crippen LogP contribution in [0.4, 0.5) is 5.13 Å². The zero-order valence-electron chi connectivity index (χ0n) is 11.6. The lowest BCUT2D eigenvalue weighted by Crippen LogP contribution is -2.26. The Kier molecular flexibility index (Phi) is 4.29. The molecule has 20 heavy (non-hydrogen) atoms. The first kappa shape index (κ1) is 15.2. The molecule has 0 atom stereocenters. The minimum absolute atomic E-state index is 0.0685. The van der Waals surface area contributed by atoms with E-state index in [-0.39, 0.29) is 28.0 Å². The van der Waals surface area contributed by atoms with Crippen LogP contribution in [0, 0.1) is 5.41 Å². The number of carbonyl (C=O) groups excluding carboxylic acids is 3. The highest BCUT2D eigenvalue weighted by Crippen LogP contribution is 2.38. The minimum Gasteiger partial charge on any atom is -0.301 e. The molecule has 7 heteroatoms. The maximum atomic E-state index is 12.0. The van der Waals surface area contributed by atoms with Gasteiger partial charge in [-0.05, 0) is 11.8 Å². The molecule has 0 aromatic carbocycles. The molecule has 0 bridgehead atoms. The maximum Gasteiger partial charge on any atom is 0.236 e. The average Bonchev–Trinajstić information content (AvgIpc) is 2.67.